The quantitative estimate of drug-likeness (QED) is 0.667. The van der Waals surface area contributed by atoms with Gasteiger partial charge in [0.1, 0.15) is 0 Å². The molecule has 0 saturated heterocycles. The minimum Gasteiger partial charge on any atom is -0.389 e. The summed E-state index contributed by atoms with van der Waals surface area (Å²) >= 11 is 3.13. The minimum atomic E-state index is -0.484. The zero-order chi connectivity index (χ0) is 10.7. The summed E-state index contributed by atoms with van der Waals surface area (Å²) in [4.78, 5) is 11.4. The summed E-state index contributed by atoms with van der Waals surface area (Å²) in [6.45, 7) is 3.59. The van der Waals surface area contributed by atoms with E-state index >= 15 is 0 Å². The molecule has 0 aromatic heterocycles. The van der Waals surface area contributed by atoms with E-state index in [2.05, 4.69) is 15.9 Å². The van der Waals surface area contributed by atoms with Crippen LogP contribution in [0.4, 0.5) is 0 Å². The summed E-state index contributed by atoms with van der Waals surface area (Å²) in [5.74, 6) is 0.0691. The summed E-state index contributed by atoms with van der Waals surface area (Å²) in [6, 6.07) is 5.40. The number of Topliss-reactive ketones (excluding diaryl/α,β-unsaturated/α-hetero) is 1. The third kappa shape index (κ3) is 2.42. The fourth-order valence-corrected chi connectivity index (χ4v) is 1.63. The maximum atomic E-state index is 11.4. The van der Waals surface area contributed by atoms with Gasteiger partial charge in [-0.3, -0.25) is 4.79 Å². The zero-order valence-corrected chi connectivity index (χ0v) is 9.84. The van der Waals surface area contributed by atoms with Gasteiger partial charge < -0.3 is 5.11 Å². The molecule has 3 heteroatoms. The summed E-state index contributed by atoms with van der Waals surface area (Å²) in [7, 11) is 0. The van der Waals surface area contributed by atoms with Crippen LogP contribution in [0.2, 0.25) is 0 Å². The molecule has 0 saturated carbocycles. The van der Waals surface area contributed by atoms with Crippen LogP contribution in [0.1, 0.15) is 34.5 Å². The first-order valence-electron chi connectivity index (χ1n) is 4.44. The maximum Gasteiger partial charge on any atom is 0.173 e. The van der Waals surface area contributed by atoms with Crippen molar-refractivity contribution in [3.05, 3.63) is 34.9 Å². The highest BCUT2D eigenvalue weighted by atomic mass is 79.9. The second kappa shape index (κ2) is 4.71. The Bertz CT molecular complexity index is 345. The van der Waals surface area contributed by atoms with Crippen molar-refractivity contribution < 1.29 is 9.90 Å². The molecule has 1 rings (SSSR count). The summed E-state index contributed by atoms with van der Waals surface area (Å²) < 4.78 is 0. The van der Waals surface area contributed by atoms with Gasteiger partial charge in [-0.2, -0.15) is 0 Å². The van der Waals surface area contributed by atoms with Crippen LogP contribution in [-0.2, 0) is 0 Å². The number of benzene rings is 1. The van der Waals surface area contributed by atoms with Crippen LogP contribution >= 0.6 is 15.9 Å². The Kier molecular flexibility index (Phi) is 3.84. The van der Waals surface area contributed by atoms with Crippen molar-refractivity contribution in [3.63, 3.8) is 0 Å². The molecule has 0 aliphatic heterocycles. The standard InChI is InChI=1S/C11H13BrO2/c1-7-5-9(8(2)13)3-4-10(7)11(14)6-12/h3-5,8,13H,6H2,1-2H3/t8-/m1/s1. The second-order valence-electron chi connectivity index (χ2n) is 3.31. The Morgan fingerprint density at radius 3 is 2.64 bits per heavy atom. The lowest BCUT2D eigenvalue weighted by molar-refractivity contribution is 0.102. The predicted molar refractivity (Wildman–Crippen MR) is 59.9 cm³/mol. The van der Waals surface area contributed by atoms with Gasteiger partial charge in [0.15, 0.2) is 5.78 Å². The molecule has 76 valence electrons. The monoisotopic (exact) mass is 256 g/mol. The SMILES string of the molecule is Cc1cc([C@@H](C)O)ccc1C(=O)CBr. The predicted octanol–water partition coefficient (Wildman–Crippen LogP) is 2.63. The van der Waals surface area contributed by atoms with E-state index in [1.165, 1.54) is 0 Å². The molecular formula is C11H13BrO2. The first-order valence-corrected chi connectivity index (χ1v) is 5.56. The average molecular weight is 257 g/mol. The van der Waals surface area contributed by atoms with Crippen LogP contribution in [0.5, 0.6) is 0 Å². The molecule has 1 aromatic rings. The van der Waals surface area contributed by atoms with E-state index in [1.807, 2.05) is 13.0 Å². The zero-order valence-electron chi connectivity index (χ0n) is 8.25. The highest BCUT2D eigenvalue weighted by Gasteiger charge is 2.09. The molecule has 0 amide bonds. The van der Waals surface area contributed by atoms with Gasteiger partial charge in [-0.15, -0.1) is 0 Å². The van der Waals surface area contributed by atoms with Crippen molar-refractivity contribution in [1.82, 2.24) is 0 Å². The van der Waals surface area contributed by atoms with E-state index < -0.39 is 6.10 Å². The number of aliphatic hydroxyl groups is 1. The third-order valence-corrected chi connectivity index (χ3v) is 2.66. The van der Waals surface area contributed by atoms with E-state index in [0.29, 0.717) is 10.9 Å². The van der Waals surface area contributed by atoms with Gasteiger partial charge in [0.25, 0.3) is 0 Å². The number of ketones is 1. The van der Waals surface area contributed by atoms with Crippen LogP contribution in [-0.4, -0.2) is 16.2 Å². The van der Waals surface area contributed by atoms with Crippen LogP contribution in [0.3, 0.4) is 0 Å². The minimum absolute atomic E-state index is 0.0691. The van der Waals surface area contributed by atoms with Gasteiger partial charge in [-0.1, -0.05) is 34.1 Å². The lowest BCUT2D eigenvalue weighted by Gasteiger charge is -2.08. The molecule has 0 fully saturated rings. The Morgan fingerprint density at radius 2 is 2.21 bits per heavy atom. The molecule has 14 heavy (non-hydrogen) atoms. The number of halogens is 1. The summed E-state index contributed by atoms with van der Waals surface area (Å²) in [5, 5.41) is 9.68. The number of hydrogen-bond donors (Lipinski definition) is 1. The van der Waals surface area contributed by atoms with E-state index in [-0.39, 0.29) is 5.78 Å². The molecule has 0 radical (unpaired) electrons. The van der Waals surface area contributed by atoms with Crippen molar-refractivity contribution in [3.8, 4) is 0 Å². The van der Waals surface area contributed by atoms with Crippen LogP contribution in [0.15, 0.2) is 18.2 Å². The number of rotatable bonds is 3. The molecule has 0 unspecified atom stereocenters. The van der Waals surface area contributed by atoms with Crippen LogP contribution in [0, 0.1) is 6.92 Å². The van der Waals surface area contributed by atoms with Crippen LogP contribution < -0.4 is 0 Å². The Labute approximate surface area is 92.1 Å². The average Bonchev–Trinajstić information content (AvgIpc) is 2.16. The highest BCUT2D eigenvalue weighted by molar-refractivity contribution is 9.09. The lowest BCUT2D eigenvalue weighted by atomic mass is 10.0. The number of alkyl halides is 1. The van der Waals surface area contributed by atoms with Gasteiger partial charge in [-0.25, -0.2) is 0 Å². The van der Waals surface area contributed by atoms with Crippen molar-refractivity contribution in [2.45, 2.75) is 20.0 Å². The van der Waals surface area contributed by atoms with Gasteiger partial charge in [0.2, 0.25) is 0 Å². The summed E-state index contributed by atoms with van der Waals surface area (Å²) in [6.07, 6.45) is -0.484. The number of hydrogen-bond acceptors (Lipinski definition) is 2. The molecule has 1 N–H and O–H groups in total. The van der Waals surface area contributed by atoms with E-state index in [4.69, 9.17) is 0 Å². The number of aliphatic hydroxyl groups excluding tert-OH is 1. The Morgan fingerprint density at radius 1 is 1.57 bits per heavy atom. The Balaban J connectivity index is 3.07. The van der Waals surface area contributed by atoms with Gasteiger partial charge in [0, 0.05) is 5.56 Å². The lowest BCUT2D eigenvalue weighted by Crippen LogP contribution is -2.04. The molecule has 0 heterocycles. The van der Waals surface area contributed by atoms with Gasteiger partial charge in [-0.05, 0) is 25.0 Å². The fourth-order valence-electron chi connectivity index (χ4n) is 1.33. The molecule has 0 aliphatic carbocycles. The number of aryl methyl sites for hydroxylation is 1. The molecular weight excluding hydrogens is 244 g/mol. The van der Waals surface area contributed by atoms with Crippen molar-refractivity contribution >= 4 is 21.7 Å². The molecule has 0 aliphatic rings. The molecule has 0 bridgehead atoms. The highest BCUT2D eigenvalue weighted by Crippen LogP contribution is 2.17. The Hall–Kier alpha value is -0.670. The van der Waals surface area contributed by atoms with Gasteiger partial charge in [0.05, 0.1) is 11.4 Å². The molecule has 1 atom stereocenters. The third-order valence-electron chi connectivity index (χ3n) is 2.15. The van der Waals surface area contributed by atoms with Gasteiger partial charge >= 0.3 is 0 Å². The fraction of sp³-hybridized carbons (Fsp3) is 0.364. The van der Waals surface area contributed by atoms with Crippen molar-refractivity contribution in [2.24, 2.45) is 0 Å². The number of carbonyl (C=O) groups excluding carboxylic acids is 1. The molecule has 2 nitrogen and oxygen atoms in total. The first-order chi connectivity index (χ1) is 6.56. The topological polar surface area (TPSA) is 37.3 Å². The van der Waals surface area contributed by atoms with E-state index in [9.17, 15) is 9.90 Å². The second-order valence-corrected chi connectivity index (χ2v) is 3.87. The van der Waals surface area contributed by atoms with Crippen molar-refractivity contribution in [1.29, 1.82) is 0 Å². The summed E-state index contributed by atoms with van der Waals surface area (Å²) in [5.41, 5.74) is 2.47. The van der Waals surface area contributed by atoms with E-state index in [0.717, 1.165) is 11.1 Å². The number of carbonyl (C=O) groups is 1. The van der Waals surface area contributed by atoms with E-state index in [1.54, 1.807) is 19.1 Å². The largest absolute Gasteiger partial charge is 0.389 e. The van der Waals surface area contributed by atoms with Crippen molar-refractivity contribution in [2.75, 3.05) is 5.33 Å². The normalized spacial score (nSPS) is 12.6. The maximum absolute atomic E-state index is 11.4. The van der Waals surface area contributed by atoms with Crippen LogP contribution in [0.25, 0.3) is 0 Å². The molecule has 0 spiro atoms. The molecule has 1 aromatic carbocycles. The first kappa shape index (κ1) is 11.4. The smallest absolute Gasteiger partial charge is 0.173 e.